The van der Waals surface area contributed by atoms with Crippen LogP contribution in [-0.4, -0.2) is 59.4 Å². The van der Waals surface area contributed by atoms with E-state index >= 15 is 0 Å². The Morgan fingerprint density at radius 3 is 2.39 bits per heavy atom. The summed E-state index contributed by atoms with van der Waals surface area (Å²) in [5.41, 5.74) is -1.00. The molecule has 202 valence electrons. The number of ether oxygens (including phenoxy) is 1. The number of H-pyrrole nitrogens is 1. The van der Waals surface area contributed by atoms with Crippen LogP contribution in [0.1, 0.15) is 70.6 Å². The highest BCUT2D eigenvalue weighted by Crippen LogP contribution is 2.59. The van der Waals surface area contributed by atoms with Gasteiger partial charge in [0.25, 0.3) is 5.95 Å². The number of aliphatic hydroxyl groups is 3. The quantitative estimate of drug-likeness (QED) is 0.175. The summed E-state index contributed by atoms with van der Waals surface area (Å²) < 4.78 is 52.5. The summed E-state index contributed by atoms with van der Waals surface area (Å²) in [5.74, 6) is -2.39. The van der Waals surface area contributed by atoms with Crippen molar-refractivity contribution in [2.45, 2.75) is 95.7 Å². The van der Waals surface area contributed by atoms with Gasteiger partial charge in [-0.15, -0.1) is 0 Å². The van der Waals surface area contributed by atoms with Crippen molar-refractivity contribution in [3.05, 3.63) is 33.6 Å². The number of fused-ring (bicyclic) bond motifs is 1. The second-order valence-corrected chi connectivity index (χ2v) is 12.1. The molecular formula is C23H33F2N2O7PS. The van der Waals surface area contributed by atoms with Gasteiger partial charge in [-0.3, -0.25) is 9.09 Å². The second-order valence-electron chi connectivity index (χ2n) is 9.51. The third-order valence-corrected chi connectivity index (χ3v) is 9.81. The summed E-state index contributed by atoms with van der Waals surface area (Å²) >= 11 is 5.34. The van der Waals surface area contributed by atoms with Gasteiger partial charge in [-0.25, -0.2) is 4.39 Å². The van der Waals surface area contributed by atoms with Crippen LogP contribution in [0.4, 0.5) is 8.78 Å². The standard InChI is InChI=1S/C23H33F2N2O7PS/c1-6-22(5,30)35(31,32)34-23(7-2,8-3)10-14-16(28)17(29)18(33-14)13-9-12-11(4)15(24)19(25)26-20(12)27-21(13)36/h9,14,16-18,28-30H,6-8,10H2,1-5H3,(H,31,32)(H,26,27,36). The number of aromatic amines is 1. The molecule has 1 saturated heterocycles. The molecule has 1 aliphatic heterocycles. The van der Waals surface area contributed by atoms with Crippen LogP contribution in [0.3, 0.4) is 0 Å². The van der Waals surface area contributed by atoms with Gasteiger partial charge in [0.05, 0.1) is 11.7 Å². The fourth-order valence-electron chi connectivity index (χ4n) is 4.35. The van der Waals surface area contributed by atoms with Gasteiger partial charge < -0.3 is 29.9 Å². The van der Waals surface area contributed by atoms with Gasteiger partial charge in [0, 0.05) is 22.9 Å². The van der Waals surface area contributed by atoms with E-state index in [-0.39, 0.29) is 52.5 Å². The van der Waals surface area contributed by atoms with Gasteiger partial charge >= 0.3 is 7.60 Å². The van der Waals surface area contributed by atoms with Crippen molar-refractivity contribution < 1.29 is 42.8 Å². The van der Waals surface area contributed by atoms with Crippen LogP contribution in [-0.2, 0) is 13.8 Å². The number of nitrogens with one attached hydrogen (secondary N) is 1. The number of nitrogens with zero attached hydrogens (tertiary/aromatic N) is 1. The van der Waals surface area contributed by atoms with E-state index in [2.05, 4.69) is 9.97 Å². The largest absolute Gasteiger partial charge is 0.388 e. The minimum absolute atomic E-state index is 0.0133. The Bertz CT molecular complexity index is 1240. The average Bonchev–Trinajstić information content (AvgIpc) is 3.09. The van der Waals surface area contributed by atoms with E-state index in [0.717, 1.165) is 0 Å². The molecule has 0 spiro atoms. The molecule has 0 radical (unpaired) electrons. The Kier molecular flexibility index (Phi) is 8.45. The summed E-state index contributed by atoms with van der Waals surface area (Å²) in [6.07, 6.45) is -4.57. The van der Waals surface area contributed by atoms with Crippen LogP contribution < -0.4 is 0 Å². The summed E-state index contributed by atoms with van der Waals surface area (Å²) in [7, 11) is -4.50. The van der Waals surface area contributed by atoms with E-state index in [1.54, 1.807) is 20.8 Å². The molecular weight excluding hydrogens is 517 g/mol. The molecule has 2 aromatic rings. The van der Waals surface area contributed by atoms with Crippen LogP contribution in [0.2, 0.25) is 0 Å². The molecule has 0 aliphatic carbocycles. The molecule has 3 rings (SSSR count). The van der Waals surface area contributed by atoms with Crippen LogP contribution >= 0.6 is 19.8 Å². The Balaban J connectivity index is 1.95. The smallest absolute Gasteiger partial charge is 0.359 e. The van der Waals surface area contributed by atoms with Gasteiger partial charge in [-0.05, 0) is 39.2 Å². The van der Waals surface area contributed by atoms with Crippen LogP contribution in [0.15, 0.2) is 6.07 Å². The number of aromatic nitrogens is 2. The minimum Gasteiger partial charge on any atom is -0.388 e. The van der Waals surface area contributed by atoms with Crippen molar-refractivity contribution in [3.8, 4) is 0 Å². The maximum Gasteiger partial charge on any atom is 0.359 e. The molecule has 0 bridgehead atoms. The predicted molar refractivity (Wildman–Crippen MR) is 131 cm³/mol. The molecule has 1 aliphatic rings. The lowest BCUT2D eigenvalue weighted by atomic mass is 9.88. The minimum atomic E-state index is -4.50. The average molecular weight is 551 g/mol. The molecule has 9 nitrogen and oxygen atoms in total. The molecule has 6 unspecified atom stereocenters. The lowest BCUT2D eigenvalue weighted by Gasteiger charge is -2.39. The fourth-order valence-corrected chi connectivity index (χ4v) is 6.07. The first-order valence-electron chi connectivity index (χ1n) is 11.8. The normalized spacial score (nSPS) is 26.2. The first kappa shape index (κ1) is 29.2. The molecule has 6 atom stereocenters. The third kappa shape index (κ3) is 5.15. The Hall–Kier alpha value is -1.37. The summed E-state index contributed by atoms with van der Waals surface area (Å²) in [4.78, 5) is 16.8. The Morgan fingerprint density at radius 1 is 1.22 bits per heavy atom. The van der Waals surface area contributed by atoms with Gasteiger partial charge in [-0.1, -0.05) is 33.0 Å². The summed E-state index contributed by atoms with van der Waals surface area (Å²) in [6, 6.07) is 1.44. The molecule has 0 amide bonds. The van der Waals surface area contributed by atoms with Crippen LogP contribution in [0.5, 0.6) is 0 Å². The number of aliphatic hydroxyl groups excluding tert-OH is 2. The number of pyridine rings is 2. The zero-order valence-electron chi connectivity index (χ0n) is 20.8. The Morgan fingerprint density at radius 2 is 1.83 bits per heavy atom. The number of aryl methyl sites for hydroxylation is 1. The maximum atomic E-state index is 14.1. The number of halogens is 2. The highest BCUT2D eigenvalue weighted by Gasteiger charge is 2.51. The van der Waals surface area contributed by atoms with Crippen LogP contribution in [0, 0.1) is 23.3 Å². The van der Waals surface area contributed by atoms with Gasteiger partial charge in [0.15, 0.2) is 11.2 Å². The SMILES string of the molecule is CCC(CC)(CC1OC(c2cc3c(C)c(F)c(F)nc3[nH]c2=S)C(O)C1O)OP(=O)(O)C(C)(O)CC. The van der Waals surface area contributed by atoms with E-state index in [1.807, 2.05) is 0 Å². The van der Waals surface area contributed by atoms with Crippen molar-refractivity contribution in [1.29, 1.82) is 0 Å². The molecule has 2 aromatic heterocycles. The number of hydrogen-bond acceptors (Lipinski definition) is 8. The molecule has 13 heteroatoms. The molecule has 0 aromatic carbocycles. The third-order valence-electron chi connectivity index (χ3n) is 7.30. The van der Waals surface area contributed by atoms with Crippen molar-refractivity contribution in [3.63, 3.8) is 0 Å². The highest BCUT2D eigenvalue weighted by molar-refractivity contribution is 7.71. The highest BCUT2D eigenvalue weighted by atomic mass is 32.1. The molecule has 36 heavy (non-hydrogen) atoms. The van der Waals surface area contributed by atoms with Gasteiger partial charge in [0.2, 0.25) is 0 Å². The zero-order chi connectivity index (χ0) is 27.2. The zero-order valence-corrected chi connectivity index (χ0v) is 22.5. The molecule has 5 N–H and O–H groups in total. The van der Waals surface area contributed by atoms with E-state index < -0.39 is 54.7 Å². The predicted octanol–water partition coefficient (Wildman–Crippen LogP) is 4.31. The second kappa shape index (κ2) is 10.4. The van der Waals surface area contributed by atoms with E-state index in [9.17, 15) is 33.6 Å². The van der Waals surface area contributed by atoms with Crippen molar-refractivity contribution in [2.24, 2.45) is 0 Å². The molecule has 0 saturated carbocycles. The molecule has 1 fully saturated rings. The van der Waals surface area contributed by atoms with Crippen LogP contribution in [0.25, 0.3) is 11.0 Å². The van der Waals surface area contributed by atoms with Gasteiger partial charge in [0.1, 0.15) is 28.6 Å². The first-order chi connectivity index (χ1) is 16.6. The summed E-state index contributed by atoms with van der Waals surface area (Å²) in [6.45, 7) is 7.63. The van der Waals surface area contributed by atoms with E-state index in [4.69, 9.17) is 21.5 Å². The Labute approximate surface area is 213 Å². The number of rotatable bonds is 9. The lowest BCUT2D eigenvalue weighted by Crippen LogP contribution is -2.41. The van der Waals surface area contributed by atoms with Crippen molar-refractivity contribution >= 4 is 30.8 Å². The molecule has 3 heterocycles. The maximum absolute atomic E-state index is 14.1. The lowest BCUT2D eigenvalue weighted by molar-refractivity contribution is -0.0618. The first-order valence-corrected chi connectivity index (χ1v) is 13.8. The summed E-state index contributed by atoms with van der Waals surface area (Å²) in [5, 5.41) is 30.3. The van der Waals surface area contributed by atoms with Gasteiger partial charge in [-0.2, -0.15) is 9.37 Å². The topological polar surface area (TPSA) is 145 Å². The monoisotopic (exact) mass is 550 g/mol. The van der Waals surface area contributed by atoms with Crippen molar-refractivity contribution in [1.82, 2.24) is 9.97 Å². The van der Waals surface area contributed by atoms with E-state index in [1.165, 1.54) is 19.9 Å². The van der Waals surface area contributed by atoms with Crippen molar-refractivity contribution in [2.75, 3.05) is 0 Å². The van der Waals surface area contributed by atoms with E-state index in [0.29, 0.717) is 0 Å². The number of hydrogen-bond donors (Lipinski definition) is 5. The fraction of sp³-hybridized carbons (Fsp3) is 0.652.